The van der Waals surface area contributed by atoms with Crippen molar-refractivity contribution < 1.29 is 0 Å². The maximum absolute atomic E-state index is 4.51. The Balaban J connectivity index is 1.47. The van der Waals surface area contributed by atoms with E-state index in [9.17, 15) is 0 Å². The Morgan fingerprint density at radius 3 is 1.19 bits per heavy atom. The average molecular weight is 414 g/mol. The summed E-state index contributed by atoms with van der Waals surface area (Å²) in [4.78, 5) is 28.6. The van der Waals surface area contributed by atoms with Crippen molar-refractivity contribution in [2.24, 2.45) is 15.0 Å². The number of pyridine rings is 3. The van der Waals surface area contributed by atoms with Crippen molar-refractivity contribution in [3.8, 4) is 0 Å². The molecule has 7 nitrogen and oxygen atoms in total. The van der Waals surface area contributed by atoms with Gasteiger partial charge < -0.3 is 0 Å². The Bertz CT molecular complexity index is 814. The summed E-state index contributed by atoms with van der Waals surface area (Å²) < 4.78 is 0. The summed E-state index contributed by atoms with van der Waals surface area (Å²) in [6.45, 7) is 4.60. The average Bonchev–Trinajstić information content (AvgIpc) is 2.83. The number of hydrogen-bond donors (Lipinski definition) is 0. The van der Waals surface area contributed by atoms with Crippen LogP contribution in [0.1, 0.15) is 17.1 Å². The van der Waals surface area contributed by atoms with Gasteiger partial charge in [0.15, 0.2) is 0 Å². The van der Waals surface area contributed by atoms with Crippen molar-refractivity contribution in [2.45, 2.75) is 0 Å². The fourth-order valence-corrected chi connectivity index (χ4v) is 2.76. The molecule has 0 spiro atoms. The predicted octanol–water partition coefficient (Wildman–Crippen LogP) is 2.83. The molecule has 0 atom stereocenters. The minimum atomic E-state index is 0.699. The number of aliphatic imine (C=N–C) groups is 3. The van der Waals surface area contributed by atoms with E-state index in [1.54, 1.807) is 18.6 Å². The normalized spacial score (nSPS) is 11.9. The molecule has 31 heavy (non-hydrogen) atoms. The first kappa shape index (κ1) is 22.1. The van der Waals surface area contributed by atoms with E-state index >= 15 is 0 Å². The molecule has 0 aliphatic heterocycles. The van der Waals surface area contributed by atoms with Gasteiger partial charge in [-0.05, 0) is 36.4 Å². The Labute approximate surface area is 183 Å². The number of aromatic nitrogens is 3. The molecular formula is C24H27N7. The molecule has 0 aliphatic rings. The molecular weight excluding hydrogens is 386 g/mol. The third kappa shape index (κ3) is 9.18. The third-order valence-corrected chi connectivity index (χ3v) is 4.37. The largest absolute Gasteiger partial charge is 0.298 e. The standard InChI is InChI=1S/C24H27N7/c1-4-10-28-22(7-1)19-25-13-16-31(17-14-26-20-23-8-2-5-11-29-23)18-15-27-21-24-9-3-6-12-30-24/h1-12,19-21H,13-18H2/b25-19-,26-20-,27-21+. The van der Waals surface area contributed by atoms with Crippen LogP contribution in [0.5, 0.6) is 0 Å². The lowest BCUT2D eigenvalue weighted by molar-refractivity contribution is 0.298. The lowest BCUT2D eigenvalue weighted by Crippen LogP contribution is -2.31. The molecule has 7 heteroatoms. The van der Waals surface area contributed by atoms with Gasteiger partial charge in [-0.2, -0.15) is 0 Å². The van der Waals surface area contributed by atoms with Gasteiger partial charge in [0.1, 0.15) is 0 Å². The third-order valence-electron chi connectivity index (χ3n) is 4.37. The number of rotatable bonds is 12. The molecule has 158 valence electrons. The van der Waals surface area contributed by atoms with Gasteiger partial charge in [0.2, 0.25) is 0 Å². The first-order chi connectivity index (χ1) is 15.4. The second kappa shape index (κ2) is 13.6. The molecule has 3 heterocycles. The van der Waals surface area contributed by atoms with E-state index in [2.05, 4.69) is 34.8 Å². The van der Waals surface area contributed by atoms with E-state index < -0.39 is 0 Å². The summed E-state index contributed by atoms with van der Waals surface area (Å²) in [5, 5.41) is 0. The summed E-state index contributed by atoms with van der Waals surface area (Å²) in [5.74, 6) is 0. The maximum Gasteiger partial charge on any atom is 0.0807 e. The molecule has 3 rings (SSSR count). The fourth-order valence-electron chi connectivity index (χ4n) is 2.76. The van der Waals surface area contributed by atoms with E-state index in [1.807, 2.05) is 73.2 Å². The second-order valence-corrected chi connectivity index (χ2v) is 6.71. The van der Waals surface area contributed by atoms with Crippen molar-refractivity contribution in [1.29, 1.82) is 0 Å². The smallest absolute Gasteiger partial charge is 0.0807 e. The first-order valence-corrected chi connectivity index (χ1v) is 10.3. The quantitative estimate of drug-likeness (QED) is 0.428. The van der Waals surface area contributed by atoms with Gasteiger partial charge in [-0.15, -0.1) is 0 Å². The lowest BCUT2D eigenvalue weighted by atomic mass is 10.3. The summed E-state index contributed by atoms with van der Waals surface area (Å²) in [6, 6.07) is 17.4. The van der Waals surface area contributed by atoms with Crippen LogP contribution in [0.15, 0.2) is 88.2 Å². The van der Waals surface area contributed by atoms with Gasteiger partial charge in [-0.1, -0.05) is 18.2 Å². The molecule has 0 amide bonds. The minimum absolute atomic E-state index is 0.699. The Hall–Kier alpha value is -3.58. The van der Waals surface area contributed by atoms with Crippen LogP contribution in [-0.2, 0) is 0 Å². The highest BCUT2D eigenvalue weighted by atomic mass is 15.1. The number of hydrogen-bond acceptors (Lipinski definition) is 7. The van der Waals surface area contributed by atoms with E-state index in [0.717, 1.165) is 36.7 Å². The first-order valence-electron chi connectivity index (χ1n) is 10.3. The van der Waals surface area contributed by atoms with Gasteiger partial charge in [-0.25, -0.2) is 0 Å². The summed E-state index contributed by atoms with van der Waals surface area (Å²) in [6.07, 6.45) is 10.8. The van der Waals surface area contributed by atoms with Gasteiger partial charge in [-0.3, -0.25) is 34.8 Å². The fraction of sp³-hybridized carbons (Fsp3) is 0.250. The summed E-state index contributed by atoms with van der Waals surface area (Å²) in [5.41, 5.74) is 2.61. The van der Waals surface area contributed by atoms with Crippen molar-refractivity contribution in [2.75, 3.05) is 39.3 Å². The zero-order valence-electron chi connectivity index (χ0n) is 17.5. The Morgan fingerprint density at radius 2 is 0.903 bits per heavy atom. The van der Waals surface area contributed by atoms with Gasteiger partial charge in [0.05, 0.1) is 36.7 Å². The van der Waals surface area contributed by atoms with Crippen LogP contribution in [-0.4, -0.2) is 77.8 Å². The molecule has 3 aromatic heterocycles. The van der Waals surface area contributed by atoms with Crippen LogP contribution in [0.25, 0.3) is 0 Å². The highest BCUT2D eigenvalue weighted by Crippen LogP contribution is 1.94. The summed E-state index contributed by atoms with van der Waals surface area (Å²) in [7, 11) is 0. The Morgan fingerprint density at radius 1 is 0.548 bits per heavy atom. The van der Waals surface area contributed by atoms with Gasteiger partial charge >= 0.3 is 0 Å². The molecule has 0 unspecified atom stereocenters. The second-order valence-electron chi connectivity index (χ2n) is 6.71. The van der Waals surface area contributed by atoms with E-state index in [4.69, 9.17) is 0 Å². The minimum Gasteiger partial charge on any atom is -0.298 e. The molecule has 0 bridgehead atoms. The molecule has 0 saturated carbocycles. The van der Waals surface area contributed by atoms with Crippen molar-refractivity contribution >= 4 is 18.6 Å². The van der Waals surface area contributed by atoms with Crippen LogP contribution in [0.3, 0.4) is 0 Å². The van der Waals surface area contributed by atoms with Gasteiger partial charge in [0.25, 0.3) is 0 Å². The van der Waals surface area contributed by atoms with Crippen LogP contribution in [0.2, 0.25) is 0 Å². The lowest BCUT2D eigenvalue weighted by Gasteiger charge is -2.19. The monoisotopic (exact) mass is 413 g/mol. The topological polar surface area (TPSA) is 79.0 Å². The molecule has 0 aromatic carbocycles. The van der Waals surface area contributed by atoms with Crippen LogP contribution >= 0.6 is 0 Å². The van der Waals surface area contributed by atoms with Crippen LogP contribution < -0.4 is 0 Å². The molecule has 0 aliphatic carbocycles. The van der Waals surface area contributed by atoms with Crippen molar-refractivity contribution in [3.05, 3.63) is 90.3 Å². The predicted molar refractivity (Wildman–Crippen MR) is 127 cm³/mol. The van der Waals surface area contributed by atoms with Crippen molar-refractivity contribution in [1.82, 2.24) is 19.9 Å². The molecule has 0 radical (unpaired) electrons. The SMILES string of the molecule is C(=N/CCN(CC/N=C\c1ccccn1)CC/N=C/c1ccccn1)/c1ccccn1. The van der Waals surface area contributed by atoms with E-state index in [-0.39, 0.29) is 0 Å². The van der Waals surface area contributed by atoms with Gasteiger partial charge in [0, 0.05) is 56.9 Å². The summed E-state index contributed by atoms with van der Waals surface area (Å²) >= 11 is 0. The zero-order valence-corrected chi connectivity index (χ0v) is 17.5. The molecule has 0 fully saturated rings. The number of nitrogens with zero attached hydrogens (tertiary/aromatic N) is 7. The highest BCUT2D eigenvalue weighted by molar-refractivity contribution is 5.77. The molecule has 3 aromatic rings. The molecule has 0 saturated heterocycles. The highest BCUT2D eigenvalue weighted by Gasteiger charge is 2.03. The zero-order chi connectivity index (χ0) is 21.4. The van der Waals surface area contributed by atoms with Crippen molar-refractivity contribution in [3.63, 3.8) is 0 Å². The van der Waals surface area contributed by atoms with E-state index in [1.165, 1.54) is 0 Å². The Kier molecular flexibility index (Phi) is 9.71. The maximum atomic E-state index is 4.51. The van der Waals surface area contributed by atoms with Crippen LogP contribution in [0, 0.1) is 0 Å². The van der Waals surface area contributed by atoms with E-state index in [0.29, 0.717) is 19.6 Å². The molecule has 0 N–H and O–H groups in total. The van der Waals surface area contributed by atoms with Crippen LogP contribution in [0.4, 0.5) is 0 Å².